The van der Waals surface area contributed by atoms with Crippen molar-refractivity contribution in [1.29, 1.82) is 0 Å². The first kappa shape index (κ1) is 18.3. The summed E-state index contributed by atoms with van der Waals surface area (Å²) in [4.78, 5) is 26.6. The summed E-state index contributed by atoms with van der Waals surface area (Å²) >= 11 is 2.85. The maximum absolute atomic E-state index is 12.1. The van der Waals surface area contributed by atoms with Gasteiger partial charge in [-0.05, 0) is 18.4 Å². The third kappa shape index (κ3) is 5.00. The van der Waals surface area contributed by atoms with E-state index in [0.717, 1.165) is 10.6 Å². The Morgan fingerprint density at radius 3 is 2.75 bits per heavy atom. The zero-order chi connectivity index (χ0) is 17.5. The van der Waals surface area contributed by atoms with Crippen molar-refractivity contribution in [1.82, 2.24) is 19.7 Å². The molecule has 1 N–H and O–H groups in total. The third-order valence-electron chi connectivity index (χ3n) is 3.18. The summed E-state index contributed by atoms with van der Waals surface area (Å²) in [5.74, 6) is -0.162. The number of likely N-dealkylation sites (N-methyl/N-ethyl adjacent to an activating group) is 1. The predicted molar refractivity (Wildman–Crippen MR) is 96.2 cm³/mol. The highest BCUT2D eigenvalue weighted by Gasteiger charge is 2.15. The molecule has 2 aromatic rings. The van der Waals surface area contributed by atoms with Gasteiger partial charge in [-0.15, -0.1) is 22.0 Å². The van der Waals surface area contributed by atoms with Crippen molar-refractivity contribution in [3.63, 3.8) is 0 Å². The largest absolute Gasteiger partial charge is 0.336 e. The van der Waals surface area contributed by atoms with Crippen molar-refractivity contribution in [2.24, 2.45) is 7.05 Å². The lowest BCUT2D eigenvalue weighted by atomic mass is 10.3. The lowest BCUT2D eigenvalue weighted by molar-refractivity contribution is -0.131. The van der Waals surface area contributed by atoms with Crippen LogP contribution in [0, 0.1) is 0 Å². The van der Waals surface area contributed by atoms with E-state index in [1.165, 1.54) is 16.7 Å². The molecule has 0 aliphatic rings. The molecule has 7 nitrogen and oxygen atoms in total. The SMILES string of the molecule is CSc1ccccc1NC(=O)CN(C)C(=O)CSc1nncn1C. The van der Waals surface area contributed by atoms with Gasteiger partial charge in [0.1, 0.15) is 6.33 Å². The van der Waals surface area contributed by atoms with Crippen molar-refractivity contribution < 1.29 is 9.59 Å². The number of carbonyl (C=O) groups is 2. The second kappa shape index (κ2) is 8.74. The minimum atomic E-state index is -0.226. The molecular weight excluding hydrogens is 346 g/mol. The number of rotatable bonds is 7. The fraction of sp³-hybridized carbons (Fsp3) is 0.333. The Hall–Kier alpha value is -2.00. The van der Waals surface area contributed by atoms with Gasteiger partial charge in [0.2, 0.25) is 11.8 Å². The van der Waals surface area contributed by atoms with Gasteiger partial charge in [0, 0.05) is 19.0 Å². The molecule has 0 aliphatic carbocycles. The maximum Gasteiger partial charge on any atom is 0.244 e. The number of carbonyl (C=O) groups excluding carboxylic acids is 2. The standard InChI is InChI=1S/C15H19N5O2S2/c1-19(14(22)9-24-15-18-16-10-20(15)2)8-13(21)17-11-6-4-5-7-12(11)23-3/h4-7,10H,8-9H2,1-3H3,(H,17,21). The van der Waals surface area contributed by atoms with Gasteiger partial charge < -0.3 is 14.8 Å². The maximum atomic E-state index is 12.1. The van der Waals surface area contributed by atoms with Gasteiger partial charge in [-0.2, -0.15) is 0 Å². The van der Waals surface area contributed by atoms with Crippen LogP contribution in [-0.4, -0.2) is 57.1 Å². The summed E-state index contributed by atoms with van der Waals surface area (Å²) in [6, 6.07) is 7.56. The van der Waals surface area contributed by atoms with E-state index in [0.29, 0.717) is 5.16 Å². The number of anilines is 1. The summed E-state index contributed by atoms with van der Waals surface area (Å²) in [6.45, 7) is 0.000917. The number of amides is 2. The molecule has 0 fully saturated rings. The molecule has 0 spiro atoms. The first-order valence-electron chi connectivity index (χ1n) is 7.15. The second-order valence-electron chi connectivity index (χ2n) is 5.01. The molecule has 0 saturated heterocycles. The number of benzene rings is 1. The smallest absolute Gasteiger partial charge is 0.244 e. The minimum absolute atomic E-state index is 0.000917. The molecule has 0 atom stereocenters. The van der Waals surface area contributed by atoms with E-state index in [-0.39, 0.29) is 24.1 Å². The number of hydrogen-bond donors (Lipinski definition) is 1. The lowest BCUT2D eigenvalue weighted by Gasteiger charge is -2.17. The number of para-hydroxylation sites is 1. The molecule has 0 aliphatic heterocycles. The Morgan fingerprint density at radius 2 is 2.08 bits per heavy atom. The first-order chi connectivity index (χ1) is 11.5. The highest BCUT2D eigenvalue weighted by atomic mass is 32.2. The molecule has 1 aromatic heterocycles. The number of hydrogen-bond acceptors (Lipinski definition) is 6. The predicted octanol–water partition coefficient (Wildman–Crippen LogP) is 1.73. The molecule has 9 heteroatoms. The molecule has 2 amide bonds. The zero-order valence-electron chi connectivity index (χ0n) is 13.7. The van der Waals surface area contributed by atoms with Gasteiger partial charge in [-0.3, -0.25) is 9.59 Å². The van der Waals surface area contributed by atoms with Gasteiger partial charge in [-0.25, -0.2) is 0 Å². The first-order valence-corrected chi connectivity index (χ1v) is 9.36. The van der Waals surface area contributed by atoms with Gasteiger partial charge in [0.25, 0.3) is 0 Å². The highest BCUT2D eigenvalue weighted by molar-refractivity contribution is 7.99. The molecule has 128 valence electrons. The summed E-state index contributed by atoms with van der Waals surface area (Å²) in [5, 5.41) is 11.2. The Bertz CT molecular complexity index is 719. The van der Waals surface area contributed by atoms with E-state index in [4.69, 9.17) is 0 Å². The van der Waals surface area contributed by atoms with Crippen LogP contribution in [0.4, 0.5) is 5.69 Å². The van der Waals surface area contributed by atoms with Crippen LogP contribution >= 0.6 is 23.5 Å². The lowest BCUT2D eigenvalue weighted by Crippen LogP contribution is -2.36. The third-order valence-corrected chi connectivity index (χ3v) is 5.00. The molecule has 0 bridgehead atoms. The van der Waals surface area contributed by atoms with E-state index in [9.17, 15) is 9.59 Å². The van der Waals surface area contributed by atoms with Crippen LogP contribution in [0.25, 0.3) is 0 Å². The van der Waals surface area contributed by atoms with Crippen LogP contribution in [0.15, 0.2) is 40.6 Å². The molecule has 1 heterocycles. The van der Waals surface area contributed by atoms with E-state index >= 15 is 0 Å². The van der Waals surface area contributed by atoms with E-state index in [1.807, 2.05) is 37.6 Å². The van der Waals surface area contributed by atoms with Crippen LogP contribution in [0.3, 0.4) is 0 Å². The Balaban J connectivity index is 1.84. The van der Waals surface area contributed by atoms with Gasteiger partial charge in [0.05, 0.1) is 18.0 Å². The molecule has 0 unspecified atom stereocenters. The van der Waals surface area contributed by atoms with Crippen LogP contribution in [0.5, 0.6) is 0 Å². The molecule has 0 radical (unpaired) electrons. The monoisotopic (exact) mass is 365 g/mol. The summed E-state index contributed by atoms with van der Waals surface area (Å²) in [5.41, 5.74) is 0.754. The summed E-state index contributed by atoms with van der Waals surface area (Å²) in [7, 11) is 3.42. The fourth-order valence-electron chi connectivity index (χ4n) is 1.88. The zero-order valence-corrected chi connectivity index (χ0v) is 15.4. The second-order valence-corrected chi connectivity index (χ2v) is 6.80. The number of thioether (sulfide) groups is 2. The number of aromatic nitrogens is 3. The number of nitrogens with one attached hydrogen (secondary N) is 1. The Morgan fingerprint density at radius 1 is 1.33 bits per heavy atom. The van der Waals surface area contributed by atoms with Gasteiger partial charge in [0.15, 0.2) is 5.16 Å². The molecule has 1 aromatic carbocycles. The molecule has 0 saturated carbocycles. The van der Waals surface area contributed by atoms with Crippen molar-refractivity contribution in [2.75, 3.05) is 30.9 Å². The molecular formula is C15H19N5O2S2. The number of aryl methyl sites for hydroxylation is 1. The van der Waals surface area contributed by atoms with Crippen LogP contribution < -0.4 is 5.32 Å². The Kier molecular flexibility index (Phi) is 6.68. The average Bonchev–Trinajstić information content (AvgIpc) is 2.98. The van der Waals surface area contributed by atoms with Gasteiger partial charge >= 0.3 is 0 Å². The van der Waals surface area contributed by atoms with Gasteiger partial charge in [-0.1, -0.05) is 23.9 Å². The van der Waals surface area contributed by atoms with E-state index in [1.54, 1.807) is 29.7 Å². The summed E-state index contributed by atoms with van der Waals surface area (Å²) < 4.78 is 1.74. The minimum Gasteiger partial charge on any atom is -0.336 e. The quantitative estimate of drug-likeness (QED) is 0.753. The normalized spacial score (nSPS) is 10.5. The highest BCUT2D eigenvalue weighted by Crippen LogP contribution is 2.24. The van der Waals surface area contributed by atoms with Crippen molar-refractivity contribution in [3.05, 3.63) is 30.6 Å². The van der Waals surface area contributed by atoms with Crippen LogP contribution in [0.1, 0.15) is 0 Å². The van der Waals surface area contributed by atoms with Crippen LogP contribution in [0.2, 0.25) is 0 Å². The van der Waals surface area contributed by atoms with Crippen molar-refractivity contribution >= 4 is 41.0 Å². The summed E-state index contributed by atoms with van der Waals surface area (Å²) in [6.07, 6.45) is 3.53. The average molecular weight is 365 g/mol. The van der Waals surface area contributed by atoms with Crippen molar-refractivity contribution in [2.45, 2.75) is 10.1 Å². The van der Waals surface area contributed by atoms with Crippen molar-refractivity contribution in [3.8, 4) is 0 Å². The number of nitrogens with zero attached hydrogens (tertiary/aromatic N) is 4. The van der Waals surface area contributed by atoms with Crippen LogP contribution in [-0.2, 0) is 16.6 Å². The Labute approximate surface area is 149 Å². The topological polar surface area (TPSA) is 80.1 Å². The fourth-order valence-corrected chi connectivity index (χ4v) is 3.26. The van der Waals surface area contributed by atoms with E-state index < -0.39 is 0 Å². The molecule has 2 rings (SSSR count). The molecule has 24 heavy (non-hydrogen) atoms. The van der Waals surface area contributed by atoms with E-state index in [2.05, 4.69) is 15.5 Å².